The number of carbonyl (C=O) groups is 2. The van der Waals surface area contributed by atoms with Crippen molar-refractivity contribution >= 4 is 17.6 Å². The number of hydrogen-bond acceptors (Lipinski definition) is 6. The van der Waals surface area contributed by atoms with E-state index in [9.17, 15) is 24.8 Å². The number of methoxy groups -OCH3 is 2. The van der Waals surface area contributed by atoms with Gasteiger partial charge in [-0.15, -0.1) is 0 Å². The number of aliphatic carboxylic acids is 1. The van der Waals surface area contributed by atoms with Crippen LogP contribution in [0, 0.1) is 22.0 Å². The molecule has 2 unspecified atom stereocenters. The normalized spacial score (nSPS) is 20.0. The molecule has 1 N–H and O–H groups in total. The molecular formula is C16H20N2O7. The lowest BCUT2D eigenvalue weighted by molar-refractivity contribution is -0.385. The summed E-state index contributed by atoms with van der Waals surface area (Å²) in [5.74, 6) is -1.81. The van der Waals surface area contributed by atoms with Gasteiger partial charge in [0.15, 0.2) is 11.5 Å². The smallest absolute Gasteiger partial charge is 0.306 e. The van der Waals surface area contributed by atoms with Crippen molar-refractivity contribution in [3.05, 3.63) is 27.8 Å². The summed E-state index contributed by atoms with van der Waals surface area (Å²) in [7, 11) is 2.72. The SMILES string of the molecule is COc1cc(C(=O)N2CCC(C(=O)O)C(C)C2)c([N+](=O)[O-])cc1OC. The van der Waals surface area contributed by atoms with Crippen LogP contribution in [-0.2, 0) is 4.79 Å². The molecule has 25 heavy (non-hydrogen) atoms. The highest BCUT2D eigenvalue weighted by atomic mass is 16.6. The molecule has 2 atom stereocenters. The van der Waals surface area contributed by atoms with Gasteiger partial charge in [0.1, 0.15) is 5.56 Å². The van der Waals surface area contributed by atoms with Gasteiger partial charge in [0.05, 0.1) is 31.1 Å². The third-order valence-electron chi connectivity index (χ3n) is 4.44. The Kier molecular flexibility index (Phi) is 5.45. The van der Waals surface area contributed by atoms with Crippen LogP contribution in [0.15, 0.2) is 12.1 Å². The molecule has 1 aromatic carbocycles. The zero-order chi connectivity index (χ0) is 18.7. The van der Waals surface area contributed by atoms with Crippen LogP contribution in [0.25, 0.3) is 0 Å². The Bertz CT molecular complexity index is 704. The maximum atomic E-state index is 12.8. The summed E-state index contributed by atoms with van der Waals surface area (Å²) in [4.78, 5) is 36.1. The number of hydrogen-bond donors (Lipinski definition) is 1. The first-order chi connectivity index (χ1) is 11.8. The van der Waals surface area contributed by atoms with Crippen molar-refractivity contribution in [3.63, 3.8) is 0 Å². The van der Waals surface area contributed by atoms with E-state index in [2.05, 4.69) is 0 Å². The topological polar surface area (TPSA) is 119 Å². The second kappa shape index (κ2) is 7.37. The van der Waals surface area contributed by atoms with Gasteiger partial charge in [-0.1, -0.05) is 6.92 Å². The maximum absolute atomic E-state index is 12.8. The van der Waals surface area contributed by atoms with Gasteiger partial charge in [-0.25, -0.2) is 0 Å². The summed E-state index contributed by atoms with van der Waals surface area (Å²) in [5, 5.41) is 20.5. The lowest BCUT2D eigenvalue weighted by Crippen LogP contribution is -2.45. The number of likely N-dealkylation sites (tertiary alicyclic amines) is 1. The molecule has 1 amide bonds. The van der Waals surface area contributed by atoms with E-state index >= 15 is 0 Å². The predicted octanol–water partition coefficient (Wildman–Crippen LogP) is 1.79. The molecule has 1 aliphatic heterocycles. The van der Waals surface area contributed by atoms with Crippen molar-refractivity contribution in [2.45, 2.75) is 13.3 Å². The molecule has 2 rings (SSSR count). The Morgan fingerprint density at radius 1 is 1.28 bits per heavy atom. The molecule has 0 aromatic heterocycles. The van der Waals surface area contributed by atoms with Gasteiger partial charge < -0.3 is 19.5 Å². The molecule has 0 bridgehead atoms. The van der Waals surface area contributed by atoms with E-state index in [4.69, 9.17) is 9.47 Å². The summed E-state index contributed by atoms with van der Waals surface area (Å²) in [6, 6.07) is 2.44. The minimum atomic E-state index is -0.892. The molecule has 0 saturated carbocycles. The Balaban J connectivity index is 2.35. The average Bonchev–Trinajstić information content (AvgIpc) is 2.59. The van der Waals surface area contributed by atoms with Gasteiger partial charge in [-0.05, 0) is 12.3 Å². The Morgan fingerprint density at radius 3 is 2.36 bits per heavy atom. The van der Waals surface area contributed by atoms with E-state index in [0.29, 0.717) is 6.42 Å². The molecule has 1 heterocycles. The number of benzene rings is 1. The minimum absolute atomic E-state index is 0.108. The first-order valence-corrected chi connectivity index (χ1v) is 7.72. The molecule has 0 aliphatic carbocycles. The van der Waals surface area contributed by atoms with E-state index in [-0.39, 0.29) is 41.8 Å². The third kappa shape index (κ3) is 3.65. The molecule has 0 radical (unpaired) electrons. The molecule has 1 aromatic rings. The first kappa shape index (κ1) is 18.5. The second-order valence-electron chi connectivity index (χ2n) is 5.94. The number of carboxylic acid groups (broad SMARTS) is 1. The number of nitrogens with zero attached hydrogens (tertiary/aromatic N) is 2. The summed E-state index contributed by atoms with van der Waals surface area (Å²) in [6.45, 7) is 2.20. The second-order valence-corrected chi connectivity index (χ2v) is 5.94. The van der Waals surface area contributed by atoms with Crippen LogP contribution >= 0.6 is 0 Å². The van der Waals surface area contributed by atoms with Gasteiger partial charge in [0, 0.05) is 19.2 Å². The highest BCUT2D eigenvalue weighted by Crippen LogP contribution is 2.36. The molecule has 1 fully saturated rings. The van der Waals surface area contributed by atoms with Crippen LogP contribution in [0.2, 0.25) is 0 Å². The van der Waals surface area contributed by atoms with E-state index in [1.807, 2.05) is 0 Å². The van der Waals surface area contributed by atoms with Crippen molar-refractivity contribution in [3.8, 4) is 11.5 Å². The number of nitro benzene ring substituents is 1. The van der Waals surface area contributed by atoms with Crippen LogP contribution in [0.1, 0.15) is 23.7 Å². The number of amides is 1. The largest absolute Gasteiger partial charge is 0.493 e. The zero-order valence-corrected chi connectivity index (χ0v) is 14.2. The quantitative estimate of drug-likeness (QED) is 0.634. The first-order valence-electron chi connectivity index (χ1n) is 7.72. The highest BCUT2D eigenvalue weighted by molar-refractivity contribution is 5.99. The number of nitro groups is 1. The van der Waals surface area contributed by atoms with Crippen LogP contribution in [-0.4, -0.2) is 54.1 Å². The Labute approximate surface area is 144 Å². The van der Waals surface area contributed by atoms with Crippen molar-refractivity contribution in [1.29, 1.82) is 0 Å². The molecule has 9 heteroatoms. The van der Waals surface area contributed by atoms with Gasteiger partial charge >= 0.3 is 5.97 Å². The summed E-state index contributed by atoms with van der Waals surface area (Å²) in [6.07, 6.45) is 0.309. The maximum Gasteiger partial charge on any atom is 0.306 e. The van der Waals surface area contributed by atoms with E-state index in [1.165, 1.54) is 25.2 Å². The fourth-order valence-corrected chi connectivity index (χ4v) is 3.06. The van der Waals surface area contributed by atoms with E-state index in [0.717, 1.165) is 6.07 Å². The summed E-state index contributed by atoms with van der Waals surface area (Å²) >= 11 is 0. The van der Waals surface area contributed by atoms with Crippen LogP contribution in [0.4, 0.5) is 5.69 Å². The van der Waals surface area contributed by atoms with Crippen LogP contribution in [0.3, 0.4) is 0 Å². The highest BCUT2D eigenvalue weighted by Gasteiger charge is 2.35. The number of piperidine rings is 1. The number of ether oxygens (including phenoxy) is 2. The van der Waals surface area contributed by atoms with Gasteiger partial charge in [-0.2, -0.15) is 0 Å². The van der Waals surface area contributed by atoms with Crippen molar-refractivity contribution in [1.82, 2.24) is 4.90 Å². The van der Waals surface area contributed by atoms with Crippen molar-refractivity contribution < 1.29 is 29.1 Å². The number of rotatable bonds is 5. The van der Waals surface area contributed by atoms with Crippen molar-refractivity contribution in [2.75, 3.05) is 27.3 Å². The third-order valence-corrected chi connectivity index (χ3v) is 4.44. The Morgan fingerprint density at radius 2 is 1.88 bits per heavy atom. The predicted molar refractivity (Wildman–Crippen MR) is 87.0 cm³/mol. The monoisotopic (exact) mass is 352 g/mol. The average molecular weight is 352 g/mol. The number of carboxylic acids is 1. The molecule has 1 aliphatic rings. The molecule has 0 spiro atoms. The van der Waals surface area contributed by atoms with Crippen LogP contribution in [0.5, 0.6) is 11.5 Å². The van der Waals surface area contributed by atoms with Gasteiger partial charge in [-0.3, -0.25) is 19.7 Å². The fraction of sp³-hybridized carbons (Fsp3) is 0.500. The lowest BCUT2D eigenvalue weighted by atomic mass is 9.86. The zero-order valence-electron chi connectivity index (χ0n) is 14.2. The molecule has 136 valence electrons. The summed E-state index contributed by atoms with van der Waals surface area (Å²) < 4.78 is 10.2. The Hall–Kier alpha value is -2.84. The van der Waals surface area contributed by atoms with Crippen molar-refractivity contribution in [2.24, 2.45) is 11.8 Å². The van der Waals surface area contributed by atoms with Crippen LogP contribution < -0.4 is 9.47 Å². The van der Waals surface area contributed by atoms with E-state index in [1.54, 1.807) is 6.92 Å². The van der Waals surface area contributed by atoms with E-state index < -0.39 is 22.7 Å². The minimum Gasteiger partial charge on any atom is -0.493 e. The lowest BCUT2D eigenvalue weighted by Gasteiger charge is -2.34. The standard InChI is InChI=1S/C16H20N2O7/c1-9-8-17(5-4-10(9)16(20)21)15(19)11-6-13(24-2)14(25-3)7-12(11)18(22)23/h6-7,9-10H,4-5,8H2,1-3H3,(H,20,21). The fourth-order valence-electron chi connectivity index (χ4n) is 3.06. The van der Waals surface area contributed by atoms with Gasteiger partial charge in [0.25, 0.3) is 11.6 Å². The molecular weight excluding hydrogens is 332 g/mol. The molecule has 9 nitrogen and oxygen atoms in total. The summed E-state index contributed by atoms with van der Waals surface area (Å²) in [5.41, 5.74) is -0.487. The van der Waals surface area contributed by atoms with Gasteiger partial charge in [0.2, 0.25) is 0 Å². The molecule has 1 saturated heterocycles. The number of carbonyl (C=O) groups excluding carboxylic acids is 1.